The molecule has 35 heavy (non-hydrogen) atoms. The predicted molar refractivity (Wildman–Crippen MR) is 139 cm³/mol. The van der Waals surface area contributed by atoms with Gasteiger partial charge in [-0.2, -0.15) is 0 Å². The molecule has 0 spiro atoms. The maximum atomic E-state index is 13.4. The van der Waals surface area contributed by atoms with E-state index in [1.54, 1.807) is 0 Å². The summed E-state index contributed by atoms with van der Waals surface area (Å²) in [6.07, 6.45) is 14.7. The average molecular weight is 489 g/mol. The molecule has 3 rings (SSSR count). The van der Waals surface area contributed by atoms with Gasteiger partial charge >= 0.3 is 6.09 Å². The first-order valence-corrected chi connectivity index (χ1v) is 13.8. The highest BCUT2D eigenvalue weighted by Crippen LogP contribution is 2.41. The molecular weight excluding hydrogens is 440 g/mol. The van der Waals surface area contributed by atoms with E-state index < -0.39 is 11.3 Å². The third-order valence-corrected chi connectivity index (χ3v) is 7.23. The van der Waals surface area contributed by atoms with E-state index in [9.17, 15) is 4.79 Å². The number of carbonyl (C=O) groups excluding carboxylic acids is 1. The van der Waals surface area contributed by atoms with Gasteiger partial charge in [-0.25, -0.2) is 4.79 Å². The topological polar surface area (TPSA) is 60.9 Å². The molecule has 1 saturated heterocycles. The van der Waals surface area contributed by atoms with Gasteiger partial charge in [0, 0.05) is 19.0 Å². The zero-order valence-corrected chi connectivity index (χ0v) is 22.9. The number of nitrogens with zero attached hydrogens (tertiary/aromatic N) is 2. The van der Waals surface area contributed by atoms with Crippen molar-refractivity contribution in [1.29, 1.82) is 0 Å². The Hall–Kier alpha value is -1.66. The van der Waals surface area contributed by atoms with Crippen molar-refractivity contribution in [3.63, 3.8) is 0 Å². The van der Waals surface area contributed by atoms with Crippen molar-refractivity contribution >= 4 is 6.09 Å². The predicted octanol–water partition coefficient (Wildman–Crippen LogP) is 7.43. The third kappa shape index (κ3) is 8.18. The molecule has 1 aliphatic carbocycles. The van der Waals surface area contributed by atoms with Crippen molar-refractivity contribution in [2.24, 2.45) is 5.92 Å². The van der Waals surface area contributed by atoms with E-state index in [4.69, 9.17) is 14.2 Å². The number of rotatable bonds is 10. The fraction of sp³-hybridized carbons (Fsp3) is 0.793. The van der Waals surface area contributed by atoms with Crippen LogP contribution in [0.2, 0.25) is 0 Å². The molecule has 1 aromatic rings. The monoisotopic (exact) mass is 488 g/mol. The molecule has 198 valence electrons. The first-order valence-electron chi connectivity index (χ1n) is 13.8. The Labute approximate surface area is 213 Å². The van der Waals surface area contributed by atoms with Crippen LogP contribution in [0.4, 0.5) is 4.79 Å². The van der Waals surface area contributed by atoms with Gasteiger partial charge in [-0.3, -0.25) is 9.88 Å². The summed E-state index contributed by atoms with van der Waals surface area (Å²) in [7, 11) is 0. The van der Waals surface area contributed by atoms with Gasteiger partial charge < -0.3 is 14.2 Å². The second-order valence-electron chi connectivity index (χ2n) is 11.8. The number of hydrogen-bond donors (Lipinski definition) is 0. The minimum absolute atomic E-state index is 0.00344. The molecule has 2 unspecified atom stereocenters. The van der Waals surface area contributed by atoms with E-state index >= 15 is 0 Å². The van der Waals surface area contributed by atoms with Gasteiger partial charge in [0.05, 0.1) is 18.2 Å². The van der Waals surface area contributed by atoms with E-state index in [0.29, 0.717) is 5.92 Å². The van der Waals surface area contributed by atoms with Crippen LogP contribution >= 0.6 is 0 Å². The summed E-state index contributed by atoms with van der Waals surface area (Å²) in [6, 6.07) is 4.14. The van der Waals surface area contributed by atoms with E-state index in [2.05, 4.69) is 11.9 Å². The zero-order valence-electron chi connectivity index (χ0n) is 22.9. The third-order valence-electron chi connectivity index (χ3n) is 7.23. The highest BCUT2D eigenvalue weighted by molar-refractivity contribution is 5.70. The van der Waals surface area contributed by atoms with Gasteiger partial charge in [0.2, 0.25) is 0 Å². The Morgan fingerprint density at radius 2 is 1.89 bits per heavy atom. The summed E-state index contributed by atoms with van der Waals surface area (Å²) in [5.74, 6) is 0.649. The van der Waals surface area contributed by atoms with Crippen molar-refractivity contribution in [1.82, 2.24) is 9.88 Å². The van der Waals surface area contributed by atoms with E-state index in [1.165, 1.54) is 37.7 Å². The van der Waals surface area contributed by atoms with E-state index in [0.717, 1.165) is 38.7 Å². The zero-order chi connectivity index (χ0) is 25.5. The van der Waals surface area contributed by atoms with Crippen LogP contribution in [0.25, 0.3) is 0 Å². The Morgan fingerprint density at radius 3 is 2.51 bits per heavy atom. The smallest absolute Gasteiger partial charge is 0.412 e. The molecule has 0 N–H and O–H groups in total. The summed E-state index contributed by atoms with van der Waals surface area (Å²) >= 11 is 0. The molecule has 0 radical (unpaired) electrons. The lowest BCUT2D eigenvalue weighted by atomic mass is 9.83. The van der Waals surface area contributed by atoms with E-state index in [-0.39, 0.29) is 24.3 Å². The molecule has 1 aromatic heterocycles. The van der Waals surface area contributed by atoms with Crippen LogP contribution in [-0.2, 0) is 14.2 Å². The number of hydrogen-bond acceptors (Lipinski definition) is 5. The van der Waals surface area contributed by atoms with Gasteiger partial charge in [0.1, 0.15) is 11.3 Å². The maximum Gasteiger partial charge on any atom is 0.412 e. The SMILES string of the molecule is CCCO[C@@H](CCCC1OC(C)(C)N(C(=O)OC(C)(C)C)C1CC1CCCCC1)c1ccncc1. The average Bonchev–Trinajstić information content (AvgIpc) is 3.05. The van der Waals surface area contributed by atoms with Crippen LogP contribution in [0.1, 0.15) is 117 Å². The Balaban J connectivity index is 1.71. The standard InChI is InChI=1S/C29H48N2O4/c1-7-20-33-25(23-16-18-30-19-17-23)14-11-15-26-24(21-22-12-9-8-10-13-22)31(29(5,6)34-26)27(32)35-28(2,3)4/h16-19,22,24-26H,7-15,20-21H2,1-6H3/t24?,25-,26?/m0/s1. The normalized spacial score (nSPS) is 23.9. The minimum atomic E-state index is -0.685. The van der Waals surface area contributed by atoms with Gasteiger partial charge in [-0.15, -0.1) is 0 Å². The van der Waals surface area contributed by atoms with E-state index in [1.807, 2.05) is 64.0 Å². The molecular formula is C29H48N2O4. The quantitative estimate of drug-likeness (QED) is 0.343. The molecule has 3 atom stereocenters. The van der Waals surface area contributed by atoms with Crippen LogP contribution in [0.15, 0.2) is 24.5 Å². The van der Waals surface area contributed by atoms with Crippen LogP contribution in [0.5, 0.6) is 0 Å². The van der Waals surface area contributed by atoms with Crippen LogP contribution in [0.3, 0.4) is 0 Å². The van der Waals surface area contributed by atoms with Gasteiger partial charge in [-0.1, -0.05) is 39.0 Å². The lowest BCUT2D eigenvalue weighted by Crippen LogP contribution is -2.50. The van der Waals surface area contributed by atoms with Gasteiger partial charge in [0.25, 0.3) is 0 Å². The van der Waals surface area contributed by atoms with Crippen LogP contribution in [0, 0.1) is 5.92 Å². The summed E-state index contributed by atoms with van der Waals surface area (Å²) in [5.41, 5.74) is -0.0415. The highest BCUT2D eigenvalue weighted by atomic mass is 16.6. The maximum absolute atomic E-state index is 13.4. The Morgan fingerprint density at radius 1 is 1.20 bits per heavy atom. The van der Waals surface area contributed by atoms with Crippen LogP contribution in [-0.4, -0.2) is 46.1 Å². The molecule has 2 aliphatic rings. The molecule has 1 saturated carbocycles. The summed E-state index contributed by atoms with van der Waals surface area (Å²) in [5, 5.41) is 0. The molecule has 6 nitrogen and oxygen atoms in total. The summed E-state index contributed by atoms with van der Waals surface area (Å²) in [4.78, 5) is 19.4. The first kappa shape index (κ1) is 27.9. The Bertz CT molecular complexity index is 771. The van der Waals surface area contributed by atoms with Crippen molar-refractivity contribution in [3.8, 4) is 0 Å². The Kier molecular flexibility index (Phi) is 10.00. The van der Waals surface area contributed by atoms with Crippen LogP contribution < -0.4 is 0 Å². The largest absolute Gasteiger partial charge is 0.444 e. The molecule has 0 bridgehead atoms. The van der Waals surface area contributed by atoms with Gasteiger partial charge in [0.15, 0.2) is 0 Å². The molecule has 1 aliphatic heterocycles. The molecule has 0 aromatic carbocycles. The number of ether oxygens (including phenoxy) is 3. The second-order valence-corrected chi connectivity index (χ2v) is 11.8. The van der Waals surface area contributed by atoms with Crippen molar-refractivity contribution in [3.05, 3.63) is 30.1 Å². The minimum Gasteiger partial charge on any atom is -0.444 e. The fourth-order valence-electron chi connectivity index (χ4n) is 5.70. The van der Waals surface area contributed by atoms with Crippen molar-refractivity contribution in [2.45, 2.75) is 135 Å². The second kappa shape index (κ2) is 12.5. The highest BCUT2D eigenvalue weighted by Gasteiger charge is 2.51. The lowest BCUT2D eigenvalue weighted by molar-refractivity contribution is -0.0806. The number of aromatic nitrogens is 1. The molecule has 2 heterocycles. The lowest BCUT2D eigenvalue weighted by Gasteiger charge is -2.37. The van der Waals surface area contributed by atoms with Crippen molar-refractivity contribution < 1.29 is 19.0 Å². The summed E-state index contributed by atoms with van der Waals surface area (Å²) in [6.45, 7) is 12.7. The molecule has 1 amide bonds. The number of pyridine rings is 1. The van der Waals surface area contributed by atoms with Crippen molar-refractivity contribution in [2.75, 3.05) is 6.61 Å². The molecule has 6 heteroatoms. The fourth-order valence-corrected chi connectivity index (χ4v) is 5.70. The first-order chi connectivity index (χ1) is 16.6. The number of carbonyl (C=O) groups is 1. The summed E-state index contributed by atoms with van der Waals surface area (Å²) < 4.78 is 18.6. The number of amides is 1. The molecule has 2 fully saturated rings. The van der Waals surface area contributed by atoms with Gasteiger partial charge in [-0.05, 0) is 90.3 Å².